The van der Waals surface area contributed by atoms with Gasteiger partial charge < -0.3 is 5.32 Å². The van der Waals surface area contributed by atoms with E-state index in [0.717, 1.165) is 10.6 Å². The molecule has 0 aliphatic rings. The van der Waals surface area contributed by atoms with Crippen molar-refractivity contribution in [3.8, 4) is 0 Å². The van der Waals surface area contributed by atoms with Gasteiger partial charge in [-0.2, -0.15) is 0 Å². The highest BCUT2D eigenvalue weighted by Crippen LogP contribution is 2.26. The van der Waals surface area contributed by atoms with Gasteiger partial charge in [-0.15, -0.1) is 11.8 Å². The second-order valence-corrected chi connectivity index (χ2v) is 7.33. The number of halogens is 1. The van der Waals surface area contributed by atoms with Crippen LogP contribution in [-0.4, -0.2) is 11.2 Å². The lowest BCUT2D eigenvalue weighted by atomic mass is 10.0. The fraction of sp³-hybridized carbons (Fsp3) is 0.278. The molecule has 2 aromatic rings. The average molecular weight is 334 g/mol. The number of hydrogen-bond acceptors (Lipinski definition) is 2. The summed E-state index contributed by atoms with van der Waals surface area (Å²) in [4.78, 5) is 13.3. The van der Waals surface area contributed by atoms with Crippen molar-refractivity contribution in [3.63, 3.8) is 0 Å². The third-order valence-electron chi connectivity index (χ3n) is 3.34. The number of anilines is 1. The Bertz CT molecular complexity index is 623. The van der Waals surface area contributed by atoms with E-state index < -0.39 is 0 Å². The summed E-state index contributed by atoms with van der Waals surface area (Å²) in [6.07, 6.45) is 0. The van der Waals surface area contributed by atoms with Gasteiger partial charge in [0, 0.05) is 15.6 Å². The van der Waals surface area contributed by atoms with Gasteiger partial charge in [0.05, 0.1) is 5.25 Å². The Morgan fingerprint density at radius 2 is 1.59 bits per heavy atom. The van der Waals surface area contributed by atoms with Crippen LogP contribution in [0.3, 0.4) is 0 Å². The van der Waals surface area contributed by atoms with Crippen LogP contribution in [0.25, 0.3) is 0 Å². The molecule has 22 heavy (non-hydrogen) atoms. The first-order valence-corrected chi connectivity index (χ1v) is 8.54. The number of benzene rings is 2. The van der Waals surface area contributed by atoms with Gasteiger partial charge in [0.2, 0.25) is 5.91 Å². The van der Waals surface area contributed by atoms with Crippen LogP contribution in [0.5, 0.6) is 0 Å². The van der Waals surface area contributed by atoms with Crippen molar-refractivity contribution in [2.24, 2.45) is 0 Å². The van der Waals surface area contributed by atoms with Crippen LogP contribution < -0.4 is 5.32 Å². The van der Waals surface area contributed by atoms with E-state index in [9.17, 15) is 4.79 Å². The van der Waals surface area contributed by atoms with Crippen LogP contribution in [0, 0.1) is 0 Å². The van der Waals surface area contributed by atoms with E-state index in [-0.39, 0.29) is 11.2 Å². The van der Waals surface area contributed by atoms with E-state index in [1.54, 1.807) is 0 Å². The van der Waals surface area contributed by atoms with Crippen LogP contribution in [0.4, 0.5) is 5.69 Å². The maximum atomic E-state index is 12.2. The molecule has 1 N–H and O–H groups in total. The molecular formula is C18H20ClNOS. The van der Waals surface area contributed by atoms with Crippen LogP contribution in [-0.2, 0) is 4.79 Å². The summed E-state index contributed by atoms with van der Waals surface area (Å²) >= 11 is 7.38. The molecule has 116 valence electrons. The summed E-state index contributed by atoms with van der Waals surface area (Å²) in [5.41, 5.74) is 2.10. The summed E-state index contributed by atoms with van der Waals surface area (Å²) in [6.45, 7) is 6.20. The highest BCUT2D eigenvalue weighted by molar-refractivity contribution is 8.00. The molecule has 0 saturated heterocycles. The van der Waals surface area contributed by atoms with Crippen molar-refractivity contribution in [2.75, 3.05) is 5.32 Å². The van der Waals surface area contributed by atoms with Crippen molar-refractivity contribution >= 4 is 35.0 Å². The molecule has 0 radical (unpaired) electrons. The minimum atomic E-state index is -0.175. The summed E-state index contributed by atoms with van der Waals surface area (Å²) < 4.78 is 0. The van der Waals surface area contributed by atoms with Gasteiger partial charge in [0.1, 0.15) is 0 Å². The molecule has 0 heterocycles. The molecule has 0 spiro atoms. The number of thioether (sulfide) groups is 1. The van der Waals surface area contributed by atoms with Crippen LogP contribution >= 0.6 is 23.4 Å². The molecule has 0 aromatic heterocycles. The van der Waals surface area contributed by atoms with Crippen molar-refractivity contribution in [1.29, 1.82) is 0 Å². The van der Waals surface area contributed by atoms with Crippen molar-refractivity contribution in [3.05, 3.63) is 59.1 Å². The molecule has 0 aliphatic carbocycles. The van der Waals surface area contributed by atoms with E-state index >= 15 is 0 Å². The zero-order chi connectivity index (χ0) is 16.1. The Kier molecular flexibility index (Phi) is 5.92. The van der Waals surface area contributed by atoms with Gasteiger partial charge in [0.15, 0.2) is 0 Å². The molecule has 0 saturated carbocycles. The first kappa shape index (κ1) is 16.9. The first-order valence-electron chi connectivity index (χ1n) is 7.29. The van der Waals surface area contributed by atoms with Crippen molar-refractivity contribution in [1.82, 2.24) is 0 Å². The quantitative estimate of drug-likeness (QED) is 0.723. The Balaban J connectivity index is 1.94. The smallest absolute Gasteiger partial charge is 0.237 e. The lowest BCUT2D eigenvalue weighted by Crippen LogP contribution is -2.22. The number of carbonyl (C=O) groups excluding carboxylic acids is 1. The SMILES string of the molecule is CC(Sc1ccc(Cl)cc1)C(=O)Nc1ccc(C(C)C)cc1. The average Bonchev–Trinajstić information content (AvgIpc) is 2.50. The summed E-state index contributed by atoms with van der Waals surface area (Å²) in [6, 6.07) is 15.5. The zero-order valence-electron chi connectivity index (χ0n) is 13.0. The molecule has 0 fully saturated rings. The summed E-state index contributed by atoms with van der Waals surface area (Å²) in [5, 5.41) is 3.48. The lowest BCUT2D eigenvalue weighted by molar-refractivity contribution is -0.115. The topological polar surface area (TPSA) is 29.1 Å². The Morgan fingerprint density at radius 1 is 1.00 bits per heavy atom. The molecule has 0 bridgehead atoms. The number of rotatable bonds is 5. The molecule has 1 amide bonds. The second kappa shape index (κ2) is 7.70. The predicted octanol–water partition coefficient (Wildman–Crippen LogP) is 5.58. The fourth-order valence-electron chi connectivity index (χ4n) is 1.97. The van der Waals surface area contributed by atoms with E-state index in [2.05, 4.69) is 31.3 Å². The Morgan fingerprint density at radius 3 is 2.14 bits per heavy atom. The maximum absolute atomic E-state index is 12.2. The van der Waals surface area contributed by atoms with Gasteiger partial charge >= 0.3 is 0 Å². The molecule has 2 aromatic carbocycles. The lowest BCUT2D eigenvalue weighted by Gasteiger charge is -2.13. The van der Waals surface area contributed by atoms with Gasteiger partial charge in [-0.05, 0) is 54.8 Å². The van der Waals surface area contributed by atoms with E-state index in [1.807, 2.05) is 43.3 Å². The second-order valence-electron chi connectivity index (χ2n) is 5.48. The van der Waals surface area contributed by atoms with Crippen LogP contribution in [0.15, 0.2) is 53.4 Å². The van der Waals surface area contributed by atoms with Crippen LogP contribution in [0.2, 0.25) is 5.02 Å². The molecule has 0 aliphatic heterocycles. The van der Waals surface area contributed by atoms with E-state index in [1.165, 1.54) is 17.3 Å². The number of amides is 1. The molecule has 1 atom stereocenters. The Hall–Kier alpha value is -1.45. The number of nitrogens with one attached hydrogen (secondary N) is 1. The monoisotopic (exact) mass is 333 g/mol. The first-order chi connectivity index (χ1) is 10.5. The number of hydrogen-bond donors (Lipinski definition) is 1. The standard InChI is InChI=1S/C18H20ClNOS/c1-12(2)14-4-8-16(9-5-14)20-18(21)13(3)22-17-10-6-15(19)7-11-17/h4-13H,1-3H3,(H,20,21). The van der Waals surface area contributed by atoms with Crippen molar-refractivity contribution in [2.45, 2.75) is 36.8 Å². The summed E-state index contributed by atoms with van der Waals surface area (Å²) in [5.74, 6) is 0.487. The Labute approximate surface area is 141 Å². The van der Waals surface area contributed by atoms with Crippen molar-refractivity contribution < 1.29 is 4.79 Å². The number of carbonyl (C=O) groups is 1. The molecule has 2 rings (SSSR count). The molecular weight excluding hydrogens is 314 g/mol. The summed E-state index contributed by atoms with van der Waals surface area (Å²) in [7, 11) is 0. The van der Waals surface area contributed by atoms with Crippen LogP contribution in [0.1, 0.15) is 32.3 Å². The van der Waals surface area contributed by atoms with E-state index in [4.69, 9.17) is 11.6 Å². The van der Waals surface area contributed by atoms with Gasteiger partial charge in [-0.3, -0.25) is 4.79 Å². The highest BCUT2D eigenvalue weighted by atomic mass is 35.5. The molecule has 1 unspecified atom stereocenters. The van der Waals surface area contributed by atoms with E-state index in [0.29, 0.717) is 10.9 Å². The predicted molar refractivity (Wildman–Crippen MR) is 95.9 cm³/mol. The molecule has 2 nitrogen and oxygen atoms in total. The van der Waals surface area contributed by atoms with Gasteiger partial charge in [0.25, 0.3) is 0 Å². The fourth-order valence-corrected chi connectivity index (χ4v) is 2.96. The highest BCUT2D eigenvalue weighted by Gasteiger charge is 2.14. The maximum Gasteiger partial charge on any atom is 0.237 e. The van der Waals surface area contributed by atoms with Gasteiger partial charge in [-0.25, -0.2) is 0 Å². The molecule has 4 heteroatoms. The minimum Gasteiger partial charge on any atom is -0.325 e. The minimum absolute atomic E-state index is 0.00255. The normalized spacial score (nSPS) is 12.2. The third kappa shape index (κ3) is 4.79. The van der Waals surface area contributed by atoms with Gasteiger partial charge in [-0.1, -0.05) is 37.6 Å². The zero-order valence-corrected chi connectivity index (χ0v) is 14.5. The largest absolute Gasteiger partial charge is 0.325 e. The third-order valence-corrected chi connectivity index (χ3v) is 4.70.